The molecule has 1 rings (SSSR count). The minimum atomic E-state index is -1.13. The van der Waals surface area contributed by atoms with Gasteiger partial charge in [0.25, 0.3) is 0 Å². The third-order valence-electron chi connectivity index (χ3n) is 3.45. The van der Waals surface area contributed by atoms with Gasteiger partial charge in [-0.15, -0.1) is 0 Å². The molecule has 0 radical (unpaired) electrons. The maximum Gasteiger partial charge on any atom is 0.340 e. The summed E-state index contributed by atoms with van der Waals surface area (Å²) in [6.07, 6.45) is 1.85. The molecule has 0 aliphatic rings. The van der Waals surface area contributed by atoms with Crippen LogP contribution < -0.4 is 0 Å². The summed E-state index contributed by atoms with van der Waals surface area (Å²) < 4.78 is 9.82. The van der Waals surface area contributed by atoms with Crippen molar-refractivity contribution in [2.24, 2.45) is 0 Å². The lowest BCUT2D eigenvalue weighted by molar-refractivity contribution is -0.0705. The third kappa shape index (κ3) is 7.10. The van der Waals surface area contributed by atoms with Gasteiger partial charge in [0, 0.05) is 12.8 Å². The van der Waals surface area contributed by atoms with Gasteiger partial charge in [0.1, 0.15) is 0 Å². The fraction of sp³-hybridized carbons (Fsp3) is 0.556. The van der Waals surface area contributed by atoms with E-state index in [1.165, 1.54) is 24.3 Å². The van der Waals surface area contributed by atoms with Crippen LogP contribution in [0.5, 0.6) is 0 Å². The van der Waals surface area contributed by atoms with Crippen LogP contribution >= 0.6 is 0 Å². The van der Waals surface area contributed by atoms with E-state index in [0.29, 0.717) is 12.8 Å². The number of unbranched alkanes of at least 4 members (excludes halogenated alkanes) is 2. The van der Waals surface area contributed by atoms with Crippen LogP contribution in [0, 0.1) is 0 Å². The van der Waals surface area contributed by atoms with Crippen LogP contribution in [0.1, 0.15) is 73.1 Å². The quantitative estimate of drug-likeness (QED) is 0.503. The van der Waals surface area contributed by atoms with Crippen molar-refractivity contribution in [2.45, 2.75) is 65.0 Å². The Morgan fingerprint density at radius 3 is 1.46 bits per heavy atom. The van der Waals surface area contributed by atoms with Crippen LogP contribution in [-0.2, 0) is 9.47 Å². The number of hydrogen-bond donors (Lipinski definition) is 2. The monoisotopic (exact) mass is 338 g/mol. The van der Waals surface area contributed by atoms with E-state index in [4.69, 9.17) is 9.47 Å². The average molecular weight is 338 g/mol. The Labute approximate surface area is 142 Å². The van der Waals surface area contributed by atoms with Gasteiger partial charge < -0.3 is 19.7 Å². The SMILES string of the molecule is CCCCC(O)OC(=O)c1ccc(C(=O)OC(O)CCCC)cc1. The Hall–Kier alpha value is -1.92. The zero-order valence-corrected chi connectivity index (χ0v) is 14.2. The molecule has 2 unspecified atom stereocenters. The first kappa shape index (κ1) is 20.1. The molecule has 24 heavy (non-hydrogen) atoms. The van der Waals surface area contributed by atoms with Crippen LogP contribution in [0.2, 0.25) is 0 Å². The van der Waals surface area contributed by atoms with Gasteiger partial charge in [0.2, 0.25) is 12.6 Å². The van der Waals surface area contributed by atoms with Gasteiger partial charge in [-0.05, 0) is 37.1 Å². The number of rotatable bonds is 10. The van der Waals surface area contributed by atoms with Crippen molar-refractivity contribution in [1.82, 2.24) is 0 Å². The predicted octanol–water partition coefficient (Wildman–Crippen LogP) is 3.02. The molecule has 0 aliphatic carbocycles. The zero-order valence-electron chi connectivity index (χ0n) is 14.2. The molecular formula is C18H26O6. The van der Waals surface area contributed by atoms with Crippen LogP contribution in [0.15, 0.2) is 24.3 Å². The van der Waals surface area contributed by atoms with Gasteiger partial charge in [0.05, 0.1) is 11.1 Å². The topological polar surface area (TPSA) is 93.1 Å². The minimum absolute atomic E-state index is 0.230. The molecule has 0 aliphatic heterocycles. The number of carbonyl (C=O) groups excluding carboxylic acids is 2. The molecule has 0 spiro atoms. The lowest BCUT2D eigenvalue weighted by Gasteiger charge is -2.13. The molecule has 0 amide bonds. The minimum Gasteiger partial charge on any atom is -0.432 e. The predicted molar refractivity (Wildman–Crippen MR) is 88.3 cm³/mol. The van der Waals surface area contributed by atoms with Crippen molar-refractivity contribution in [3.63, 3.8) is 0 Å². The van der Waals surface area contributed by atoms with E-state index in [9.17, 15) is 19.8 Å². The summed E-state index contributed by atoms with van der Waals surface area (Å²) in [6, 6.07) is 5.68. The molecule has 6 heteroatoms. The van der Waals surface area contributed by atoms with E-state index >= 15 is 0 Å². The molecule has 0 saturated heterocycles. The van der Waals surface area contributed by atoms with Gasteiger partial charge in [-0.3, -0.25) is 0 Å². The van der Waals surface area contributed by atoms with E-state index in [0.717, 1.165) is 25.7 Å². The number of esters is 2. The number of carbonyl (C=O) groups is 2. The Morgan fingerprint density at radius 1 is 0.833 bits per heavy atom. The highest BCUT2D eigenvalue weighted by molar-refractivity contribution is 5.93. The highest BCUT2D eigenvalue weighted by Crippen LogP contribution is 2.12. The van der Waals surface area contributed by atoms with Crippen molar-refractivity contribution in [1.29, 1.82) is 0 Å². The van der Waals surface area contributed by atoms with Crippen LogP contribution in [0.4, 0.5) is 0 Å². The lowest BCUT2D eigenvalue weighted by atomic mass is 10.1. The normalized spacial score (nSPS) is 13.2. The Kier molecular flexibility index (Phi) is 9.04. The highest BCUT2D eigenvalue weighted by Gasteiger charge is 2.16. The Bertz CT molecular complexity index is 464. The third-order valence-corrected chi connectivity index (χ3v) is 3.45. The molecule has 1 aromatic carbocycles. The summed E-state index contributed by atoms with van der Waals surface area (Å²) in [7, 11) is 0. The summed E-state index contributed by atoms with van der Waals surface area (Å²) in [6.45, 7) is 3.96. The molecule has 0 bridgehead atoms. The van der Waals surface area contributed by atoms with E-state index < -0.39 is 24.5 Å². The van der Waals surface area contributed by atoms with E-state index in [-0.39, 0.29) is 11.1 Å². The maximum atomic E-state index is 11.9. The van der Waals surface area contributed by atoms with Crippen LogP contribution in [0.3, 0.4) is 0 Å². The van der Waals surface area contributed by atoms with E-state index in [1.807, 2.05) is 13.8 Å². The Balaban J connectivity index is 2.55. The molecule has 6 nitrogen and oxygen atoms in total. The number of aliphatic hydroxyl groups excluding tert-OH is 2. The second-order valence-corrected chi connectivity index (χ2v) is 5.58. The van der Waals surface area contributed by atoms with Crippen molar-refractivity contribution < 1.29 is 29.3 Å². The lowest BCUT2D eigenvalue weighted by Crippen LogP contribution is -2.19. The second kappa shape index (κ2) is 10.8. The van der Waals surface area contributed by atoms with Gasteiger partial charge in [-0.2, -0.15) is 0 Å². The number of aliphatic hydroxyl groups is 2. The first-order chi connectivity index (χ1) is 11.5. The average Bonchev–Trinajstić information content (AvgIpc) is 2.58. The number of benzene rings is 1. The molecule has 0 aromatic heterocycles. The highest BCUT2D eigenvalue weighted by atomic mass is 16.6. The summed E-state index contributed by atoms with van der Waals surface area (Å²) in [5, 5.41) is 19.2. The maximum absolute atomic E-state index is 11.9. The summed E-state index contributed by atoms with van der Waals surface area (Å²) in [5.74, 6) is -1.30. The zero-order chi connectivity index (χ0) is 17.9. The molecule has 0 heterocycles. The molecule has 134 valence electrons. The fourth-order valence-electron chi connectivity index (χ4n) is 2.00. The standard InChI is InChI=1S/C18H26O6/c1-3-5-7-15(19)23-17(21)13-9-11-14(12-10-13)18(22)24-16(20)8-6-4-2/h9-12,15-16,19-20H,3-8H2,1-2H3. The van der Waals surface area contributed by atoms with E-state index in [2.05, 4.69) is 0 Å². The van der Waals surface area contributed by atoms with Crippen molar-refractivity contribution in [3.8, 4) is 0 Å². The summed E-state index contributed by atoms with van der Waals surface area (Å²) in [4.78, 5) is 23.7. The van der Waals surface area contributed by atoms with E-state index in [1.54, 1.807) is 0 Å². The molecular weight excluding hydrogens is 312 g/mol. The molecule has 2 N–H and O–H groups in total. The summed E-state index contributed by atoms with van der Waals surface area (Å²) in [5.41, 5.74) is 0.460. The molecule has 0 saturated carbocycles. The first-order valence-corrected chi connectivity index (χ1v) is 8.36. The fourth-order valence-corrected chi connectivity index (χ4v) is 2.00. The van der Waals surface area contributed by atoms with Crippen LogP contribution in [-0.4, -0.2) is 34.7 Å². The van der Waals surface area contributed by atoms with Crippen LogP contribution in [0.25, 0.3) is 0 Å². The molecule has 1 aromatic rings. The molecule has 2 atom stereocenters. The van der Waals surface area contributed by atoms with Gasteiger partial charge in [-0.1, -0.05) is 26.7 Å². The smallest absolute Gasteiger partial charge is 0.340 e. The van der Waals surface area contributed by atoms with Crippen molar-refractivity contribution in [2.75, 3.05) is 0 Å². The van der Waals surface area contributed by atoms with Crippen molar-refractivity contribution in [3.05, 3.63) is 35.4 Å². The second-order valence-electron chi connectivity index (χ2n) is 5.58. The molecule has 0 fully saturated rings. The number of ether oxygens (including phenoxy) is 2. The van der Waals surface area contributed by atoms with Crippen molar-refractivity contribution >= 4 is 11.9 Å². The van der Waals surface area contributed by atoms with Gasteiger partial charge in [-0.25, -0.2) is 9.59 Å². The summed E-state index contributed by atoms with van der Waals surface area (Å²) >= 11 is 0. The first-order valence-electron chi connectivity index (χ1n) is 8.36. The van der Waals surface area contributed by atoms with Gasteiger partial charge in [0.15, 0.2) is 0 Å². The largest absolute Gasteiger partial charge is 0.432 e. The van der Waals surface area contributed by atoms with Gasteiger partial charge >= 0.3 is 11.9 Å². The Morgan fingerprint density at radius 2 is 1.17 bits per heavy atom. The number of hydrogen-bond acceptors (Lipinski definition) is 6.